The predicted octanol–water partition coefficient (Wildman–Crippen LogP) is 1.64. The van der Waals surface area contributed by atoms with Crippen LogP contribution >= 0.6 is 0 Å². The van der Waals surface area contributed by atoms with Crippen LogP contribution in [0.5, 0.6) is 0 Å². The van der Waals surface area contributed by atoms with Crippen LogP contribution in [0.1, 0.15) is 38.5 Å². The monoisotopic (exact) mass is 294 g/mol. The summed E-state index contributed by atoms with van der Waals surface area (Å²) in [6, 6.07) is 0. The van der Waals surface area contributed by atoms with Crippen molar-refractivity contribution < 1.29 is 14.7 Å². The Morgan fingerprint density at radius 1 is 1.19 bits per heavy atom. The molecule has 5 heteroatoms. The van der Waals surface area contributed by atoms with Gasteiger partial charge >= 0.3 is 5.97 Å². The second-order valence-corrected chi connectivity index (χ2v) is 6.54. The first-order valence-electron chi connectivity index (χ1n) is 7.79. The van der Waals surface area contributed by atoms with Crippen molar-refractivity contribution in [2.45, 2.75) is 44.1 Å². The Morgan fingerprint density at radius 2 is 1.76 bits per heavy atom. The number of hydrogen-bond acceptors (Lipinski definition) is 3. The molecule has 1 fully saturated rings. The molecule has 0 spiro atoms. The smallest absolute Gasteiger partial charge is 0.307 e. The normalized spacial score (nSPS) is 27.8. The molecule has 21 heavy (non-hydrogen) atoms. The van der Waals surface area contributed by atoms with Crippen molar-refractivity contribution in [1.29, 1.82) is 0 Å². The van der Waals surface area contributed by atoms with E-state index in [4.69, 9.17) is 0 Å². The summed E-state index contributed by atoms with van der Waals surface area (Å²) < 4.78 is 0. The zero-order valence-electron chi connectivity index (χ0n) is 13.0. The minimum absolute atomic E-state index is 0.0406. The van der Waals surface area contributed by atoms with Crippen molar-refractivity contribution in [3.63, 3.8) is 0 Å². The van der Waals surface area contributed by atoms with E-state index in [0.717, 1.165) is 12.8 Å². The Balaban J connectivity index is 1.97. The molecule has 5 nitrogen and oxygen atoms in total. The number of amides is 1. The number of nitrogens with zero attached hydrogens (tertiary/aromatic N) is 1. The molecule has 0 saturated heterocycles. The summed E-state index contributed by atoms with van der Waals surface area (Å²) in [4.78, 5) is 25.9. The lowest BCUT2D eigenvalue weighted by atomic mass is 9.82. The number of carbonyl (C=O) groups is 2. The molecule has 0 heterocycles. The molecule has 118 valence electrons. The highest BCUT2D eigenvalue weighted by atomic mass is 16.4. The summed E-state index contributed by atoms with van der Waals surface area (Å²) in [7, 11) is 4.11. The third-order valence-electron chi connectivity index (χ3n) is 5.16. The van der Waals surface area contributed by atoms with Gasteiger partial charge in [-0.05, 0) is 39.8 Å². The van der Waals surface area contributed by atoms with Gasteiger partial charge < -0.3 is 15.3 Å². The summed E-state index contributed by atoms with van der Waals surface area (Å²) in [5.41, 5.74) is 0.0406. The van der Waals surface area contributed by atoms with Gasteiger partial charge in [0.15, 0.2) is 0 Å². The van der Waals surface area contributed by atoms with E-state index in [1.165, 1.54) is 12.8 Å². The van der Waals surface area contributed by atoms with Crippen molar-refractivity contribution in [2.75, 3.05) is 20.6 Å². The lowest BCUT2D eigenvalue weighted by Crippen LogP contribution is -2.52. The molecule has 0 unspecified atom stereocenters. The Labute approximate surface area is 126 Å². The lowest BCUT2D eigenvalue weighted by Gasteiger charge is -2.37. The number of hydrogen-bond donors (Lipinski definition) is 2. The number of likely N-dealkylation sites (N-methyl/N-ethyl adjacent to an activating group) is 1. The highest BCUT2D eigenvalue weighted by molar-refractivity contribution is 5.85. The van der Waals surface area contributed by atoms with Gasteiger partial charge in [-0.3, -0.25) is 9.59 Å². The zero-order valence-corrected chi connectivity index (χ0v) is 13.0. The van der Waals surface area contributed by atoms with Crippen LogP contribution in [0.15, 0.2) is 12.2 Å². The van der Waals surface area contributed by atoms with E-state index < -0.39 is 17.8 Å². The standard InChI is InChI=1S/C16H26N2O3/c1-18(2)16(9-5-6-10-16)11-17-14(19)12-7-3-4-8-13(12)15(20)21/h3-4,12-13H,5-11H2,1-2H3,(H,17,19)(H,20,21)/t12-,13+/m1/s1. The number of allylic oxidation sites excluding steroid dienone is 2. The maximum absolute atomic E-state index is 12.4. The number of carboxylic acid groups (broad SMARTS) is 1. The van der Waals surface area contributed by atoms with Gasteiger partial charge in [0.2, 0.25) is 5.91 Å². The van der Waals surface area contributed by atoms with Crippen LogP contribution < -0.4 is 5.32 Å². The minimum atomic E-state index is -0.873. The fourth-order valence-corrected chi connectivity index (χ4v) is 3.57. The molecule has 0 aromatic carbocycles. The van der Waals surface area contributed by atoms with Crippen LogP contribution in [0.2, 0.25) is 0 Å². The number of carboxylic acids is 1. The van der Waals surface area contributed by atoms with Crippen LogP contribution in [0.25, 0.3) is 0 Å². The predicted molar refractivity (Wildman–Crippen MR) is 80.9 cm³/mol. The molecule has 2 N–H and O–H groups in total. The number of carbonyl (C=O) groups excluding carboxylic acids is 1. The largest absolute Gasteiger partial charge is 0.481 e. The Bertz CT molecular complexity index is 425. The number of rotatable bonds is 5. The molecular formula is C16H26N2O3. The van der Waals surface area contributed by atoms with Gasteiger partial charge in [-0.15, -0.1) is 0 Å². The summed E-state index contributed by atoms with van der Waals surface area (Å²) in [5.74, 6) is -2.01. The molecular weight excluding hydrogens is 268 g/mol. The van der Waals surface area contributed by atoms with E-state index >= 15 is 0 Å². The topological polar surface area (TPSA) is 69.6 Å². The summed E-state index contributed by atoms with van der Waals surface area (Å²) in [5, 5.41) is 12.3. The lowest BCUT2D eigenvalue weighted by molar-refractivity contribution is -0.147. The van der Waals surface area contributed by atoms with Crippen molar-refractivity contribution in [2.24, 2.45) is 11.8 Å². The average molecular weight is 294 g/mol. The molecule has 0 aromatic heterocycles. The van der Waals surface area contributed by atoms with Gasteiger partial charge in [0.1, 0.15) is 0 Å². The van der Waals surface area contributed by atoms with Gasteiger partial charge in [-0.2, -0.15) is 0 Å². The highest BCUT2D eigenvalue weighted by Gasteiger charge is 2.38. The number of aliphatic carboxylic acids is 1. The quantitative estimate of drug-likeness (QED) is 0.756. The first-order valence-corrected chi connectivity index (χ1v) is 7.79. The van der Waals surface area contributed by atoms with Crippen LogP contribution in [0.4, 0.5) is 0 Å². The highest BCUT2D eigenvalue weighted by Crippen LogP contribution is 2.33. The van der Waals surface area contributed by atoms with Crippen molar-refractivity contribution in [3.05, 3.63) is 12.2 Å². The Morgan fingerprint density at radius 3 is 2.29 bits per heavy atom. The van der Waals surface area contributed by atoms with Crippen molar-refractivity contribution in [3.8, 4) is 0 Å². The van der Waals surface area contributed by atoms with Crippen LogP contribution in [0.3, 0.4) is 0 Å². The minimum Gasteiger partial charge on any atom is -0.481 e. The Hall–Kier alpha value is -1.36. The molecule has 0 aromatic rings. The Kier molecular flexibility index (Phi) is 5.04. The maximum atomic E-state index is 12.4. The van der Waals surface area contributed by atoms with Gasteiger partial charge in [0, 0.05) is 12.1 Å². The average Bonchev–Trinajstić information content (AvgIpc) is 2.95. The molecule has 2 aliphatic rings. The molecule has 2 atom stereocenters. The van der Waals surface area contributed by atoms with E-state index in [2.05, 4.69) is 24.3 Å². The second kappa shape index (κ2) is 6.60. The summed E-state index contributed by atoms with van der Waals surface area (Å²) in [6.45, 7) is 0.616. The molecule has 0 aliphatic heterocycles. The van der Waals surface area contributed by atoms with Crippen molar-refractivity contribution in [1.82, 2.24) is 10.2 Å². The van der Waals surface area contributed by atoms with E-state index in [1.807, 2.05) is 12.2 Å². The molecule has 0 bridgehead atoms. The van der Waals surface area contributed by atoms with E-state index in [-0.39, 0.29) is 11.4 Å². The van der Waals surface area contributed by atoms with E-state index in [9.17, 15) is 14.7 Å². The summed E-state index contributed by atoms with van der Waals surface area (Å²) >= 11 is 0. The molecule has 1 amide bonds. The van der Waals surface area contributed by atoms with E-state index in [0.29, 0.717) is 19.4 Å². The fourth-order valence-electron chi connectivity index (χ4n) is 3.57. The molecule has 0 radical (unpaired) electrons. The fraction of sp³-hybridized carbons (Fsp3) is 0.750. The zero-order chi connectivity index (χ0) is 15.5. The first kappa shape index (κ1) is 16.0. The summed E-state index contributed by atoms with van der Waals surface area (Å²) in [6.07, 6.45) is 9.32. The maximum Gasteiger partial charge on any atom is 0.307 e. The number of nitrogens with one attached hydrogen (secondary N) is 1. The third kappa shape index (κ3) is 3.46. The molecule has 2 rings (SSSR count). The van der Waals surface area contributed by atoms with Crippen LogP contribution in [0, 0.1) is 11.8 Å². The van der Waals surface area contributed by atoms with E-state index in [1.54, 1.807) is 0 Å². The van der Waals surface area contributed by atoms with Crippen molar-refractivity contribution >= 4 is 11.9 Å². The third-order valence-corrected chi connectivity index (χ3v) is 5.16. The molecule has 2 aliphatic carbocycles. The van der Waals surface area contributed by atoms with Gasteiger partial charge in [-0.1, -0.05) is 25.0 Å². The SMILES string of the molecule is CN(C)C1(CNC(=O)[C@@H]2CC=CC[C@@H]2C(=O)O)CCCC1. The van der Waals surface area contributed by atoms with Gasteiger partial charge in [0.05, 0.1) is 11.8 Å². The molecule has 1 saturated carbocycles. The van der Waals surface area contributed by atoms with Gasteiger partial charge in [-0.25, -0.2) is 0 Å². The van der Waals surface area contributed by atoms with Crippen LogP contribution in [-0.4, -0.2) is 48.1 Å². The first-order chi connectivity index (χ1) is 9.96. The van der Waals surface area contributed by atoms with Gasteiger partial charge in [0.25, 0.3) is 0 Å². The second-order valence-electron chi connectivity index (χ2n) is 6.54. The van der Waals surface area contributed by atoms with Crippen LogP contribution in [-0.2, 0) is 9.59 Å².